The minimum atomic E-state index is -0.547. The summed E-state index contributed by atoms with van der Waals surface area (Å²) in [7, 11) is 0. The van der Waals surface area contributed by atoms with Crippen LogP contribution in [0.2, 0.25) is 0 Å². The van der Waals surface area contributed by atoms with Gasteiger partial charge in [-0.3, -0.25) is 10.1 Å². The molecule has 0 amide bonds. The minimum absolute atomic E-state index is 0.0381. The SMILES string of the molecule is CCOc1ncnc(Nc2ccc(C)c(C)c2)c1[N+](=O)[O-]. The van der Waals surface area contributed by atoms with Crippen LogP contribution in [0.5, 0.6) is 5.88 Å². The number of nitrogens with one attached hydrogen (secondary N) is 1. The second kappa shape index (κ2) is 6.17. The lowest BCUT2D eigenvalue weighted by Gasteiger charge is -2.10. The number of aryl methyl sites for hydroxylation is 2. The van der Waals surface area contributed by atoms with E-state index in [4.69, 9.17) is 4.74 Å². The molecule has 21 heavy (non-hydrogen) atoms. The predicted molar refractivity (Wildman–Crippen MR) is 79.1 cm³/mol. The number of nitro groups is 1. The minimum Gasteiger partial charge on any atom is -0.473 e. The molecule has 0 saturated heterocycles. The second-order valence-corrected chi connectivity index (χ2v) is 4.49. The van der Waals surface area contributed by atoms with E-state index in [2.05, 4.69) is 15.3 Å². The summed E-state index contributed by atoms with van der Waals surface area (Å²) in [6.07, 6.45) is 1.24. The number of hydrogen-bond acceptors (Lipinski definition) is 6. The molecular formula is C14H16N4O3. The van der Waals surface area contributed by atoms with Crippen molar-refractivity contribution in [3.8, 4) is 5.88 Å². The van der Waals surface area contributed by atoms with Crippen molar-refractivity contribution in [1.82, 2.24) is 9.97 Å². The van der Waals surface area contributed by atoms with Gasteiger partial charge in [0.2, 0.25) is 5.82 Å². The number of ether oxygens (including phenoxy) is 1. The molecule has 0 atom stereocenters. The second-order valence-electron chi connectivity index (χ2n) is 4.49. The van der Waals surface area contributed by atoms with E-state index in [9.17, 15) is 10.1 Å². The summed E-state index contributed by atoms with van der Waals surface area (Å²) in [4.78, 5) is 18.4. The Morgan fingerprint density at radius 3 is 2.67 bits per heavy atom. The third kappa shape index (κ3) is 3.25. The van der Waals surface area contributed by atoms with Gasteiger partial charge in [0.1, 0.15) is 6.33 Å². The number of benzene rings is 1. The Hall–Kier alpha value is -2.70. The van der Waals surface area contributed by atoms with E-state index < -0.39 is 4.92 Å². The van der Waals surface area contributed by atoms with Crippen molar-refractivity contribution >= 4 is 17.2 Å². The lowest BCUT2D eigenvalue weighted by Crippen LogP contribution is -2.05. The zero-order valence-corrected chi connectivity index (χ0v) is 12.1. The highest BCUT2D eigenvalue weighted by atomic mass is 16.6. The fraction of sp³-hybridized carbons (Fsp3) is 0.286. The maximum absolute atomic E-state index is 11.2. The van der Waals surface area contributed by atoms with Gasteiger partial charge in [0.05, 0.1) is 11.5 Å². The summed E-state index contributed by atoms with van der Waals surface area (Å²) in [5.74, 6) is 0.0746. The van der Waals surface area contributed by atoms with Crippen LogP contribution in [-0.4, -0.2) is 21.5 Å². The largest absolute Gasteiger partial charge is 0.473 e. The number of nitrogens with zero attached hydrogens (tertiary/aromatic N) is 3. The monoisotopic (exact) mass is 288 g/mol. The Labute approximate surface area is 122 Å². The van der Waals surface area contributed by atoms with Gasteiger partial charge in [0.15, 0.2) is 0 Å². The molecule has 0 unspecified atom stereocenters. The standard InChI is InChI=1S/C14H16N4O3/c1-4-21-14-12(18(19)20)13(15-8-16-14)17-11-6-5-9(2)10(3)7-11/h5-8H,4H2,1-3H3,(H,15,16,17). The number of aromatic nitrogens is 2. The quantitative estimate of drug-likeness (QED) is 0.671. The fourth-order valence-corrected chi connectivity index (χ4v) is 1.82. The zero-order chi connectivity index (χ0) is 15.4. The Morgan fingerprint density at radius 2 is 2.05 bits per heavy atom. The summed E-state index contributed by atoms with van der Waals surface area (Å²) in [6, 6.07) is 5.68. The average Bonchev–Trinajstić information content (AvgIpc) is 2.43. The first-order chi connectivity index (χ1) is 10.0. The van der Waals surface area contributed by atoms with Gasteiger partial charge in [-0.05, 0) is 44.0 Å². The summed E-state index contributed by atoms with van der Waals surface area (Å²) < 4.78 is 5.19. The molecule has 0 aliphatic rings. The van der Waals surface area contributed by atoms with Crippen LogP contribution in [0.3, 0.4) is 0 Å². The average molecular weight is 288 g/mol. The molecule has 7 heteroatoms. The summed E-state index contributed by atoms with van der Waals surface area (Å²) in [6.45, 7) is 6.00. The van der Waals surface area contributed by atoms with Gasteiger partial charge in [-0.1, -0.05) is 6.07 Å². The number of hydrogen-bond donors (Lipinski definition) is 1. The molecule has 0 aliphatic heterocycles. The Morgan fingerprint density at radius 1 is 1.29 bits per heavy atom. The molecule has 1 heterocycles. The van der Waals surface area contributed by atoms with E-state index in [0.29, 0.717) is 6.61 Å². The van der Waals surface area contributed by atoms with Crippen molar-refractivity contribution in [3.05, 3.63) is 45.8 Å². The summed E-state index contributed by atoms with van der Waals surface area (Å²) in [5, 5.41) is 14.2. The maximum atomic E-state index is 11.2. The van der Waals surface area contributed by atoms with E-state index in [1.807, 2.05) is 32.0 Å². The molecule has 0 saturated carbocycles. The van der Waals surface area contributed by atoms with E-state index >= 15 is 0 Å². The van der Waals surface area contributed by atoms with Crippen molar-refractivity contribution in [3.63, 3.8) is 0 Å². The molecule has 0 radical (unpaired) electrons. The molecule has 110 valence electrons. The first kappa shape index (κ1) is 14.7. The van der Waals surface area contributed by atoms with E-state index in [-0.39, 0.29) is 17.4 Å². The molecule has 0 aliphatic carbocycles. The topological polar surface area (TPSA) is 90.2 Å². The Bertz CT molecular complexity index is 673. The molecule has 1 N–H and O–H groups in total. The molecule has 2 aromatic rings. The number of anilines is 2. The normalized spacial score (nSPS) is 10.2. The van der Waals surface area contributed by atoms with Gasteiger partial charge in [0, 0.05) is 5.69 Å². The molecule has 0 bridgehead atoms. The highest BCUT2D eigenvalue weighted by molar-refractivity contribution is 5.68. The van der Waals surface area contributed by atoms with E-state index in [0.717, 1.165) is 16.8 Å². The smallest absolute Gasteiger partial charge is 0.373 e. The Balaban J connectivity index is 2.41. The maximum Gasteiger partial charge on any atom is 0.373 e. The van der Waals surface area contributed by atoms with Crippen LogP contribution in [0, 0.1) is 24.0 Å². The van der Waals surface area contributed by atoms with Crippen LogP contribution >= 0.6 is 0 Å². The van der Waals surface area contributed by atoms with E-state index in [1.54, 1.807) is 6.92 Å². The lowest BCUT2D eigenvalue weighted by atomic mass is 10.1. The van der Waals surface area contributed by atoms with E-state index in [1.165, 1.54) is 6.33 Å². The summed E-state index contributed by atoms with van der Waals surface area (Å²) in [5.41, 5.74) is 2.69. The molecule has 2 rings (SSSR count). The van der Waals surface area contributed by atoms with Crippen LogP contribution in [0.25, 0.3) is 0 Å². The predicted octanol–water partition coefficient (Wildman–Crippen LogP) is 3.14. The van der Waals surface area contributed by atoms with Gasteiger partial charge in [-0.25, -0.2) is 4.98 Å². The van der Waals surface area contributed by atoms with Gasteiger partial charge in [-0.15, -0.1) is 0 Å². The van der Waals surface area contributed by atoms with Gasteiger partial charge < -0.3 is 10.1 Å². The van der Waals surface area contributed by atoms with Crippen LogP contribution in [0.4, 0.5) is 17.2 Å². The molecule has 7 nitrogen and oxygen atoms in total. The van der Waals surface area contributed by atoms with Crippen molar-refractivity contribution < 1.29 is 9.66 Å². The van der Waals surface area contributed by atoms with Crippen LogP contribution in [0.15, 0.2) is 24.5 Å². The highest BCUT2D eigenvalue weighted by Crippen LogP contribution is 2.32. The molecule has 0 spiro atoms. The molecule has 0 fully saturated rings. The van der Waals surface area contributed by atoms with Gasteiger partial charge in [-0.2, -0.15) is 4.98 Å². The zero-order valence-electron chi connectivity index (χ0n) is 12.1. The lowest BCUT2D eigenvalue weighted by molar-refractivity contribution is -0.385. The van der Waals surface area contributed by atoms with Crippen molar-refractivity contribution in [2.75, 3.05) is 11.9 Å². The van der Waals surface area contributed by atoms with Gasteiger partial charge >= 0.3 is 5.69 Å². The van der Waals surface area contributed by atoms with Gasteiger partial charge in [0.25, 0.3) is 5.88 Å². The summed E-state index contributed by atoms with van der Waals surface area (Å²) >= 11 is 0. The van der Waals surface area contributed by atoms with Crippen LogP contribution in [0.1, 0.15) is 18.1 Å². The molecule has 1 aromatic heterocycles. The molecule has 1 aromatic carbocycles. The van der Waals surface area contributed by atoms with Crippen molar-refractivity contribution in [2.45, 2.75) is 20.8 Å². The number of rotatable bonds is 5. The molecular weight excluding hydrogens is 272 g/mol. The van der Waals surface area contributed by atoms with Crippen molar-refractivity contribution in [1.29, 1.82) is 0 Å². The Kier molecular flexibility index (Phi) is 4.32. The van der Waals surface area contributed by atoms with Crippen molar-refractivity contribution in [2.24, 2.45) is 0 Å². The third-order valence-corrected chi connectivity index (χ3v) is 3.02. The first-order valence-corrected chi connectivity index (χ1v) is 6.49. The first-order valence-electron chi connectivity index (χ1n) is 6.49. The third-order valence-electron chi connectivity index (χ3n) is 3.02. The van der Waals surface area contributed by atoms with Crippen LogP contribution < -0.4 is 10.1 Å². The highest BCUT2D eigenvalue weighted by Gasteiger charge is 2.24. The van der Waals surface area contributed by atoms with Crippen LogP contribution in [-0.2, 0) is 0 Å². The fourth-order valence-electron chi connectivity index (χ4n) is 1.82.